The third-order valence-corrected chi connectivity index (χ3v) is 6.27. The van der Waals surface area contributed by atoms with E-state index in [1.54, 1.807) is 18.0 Å². The summed E-state index contributed by atoms with van der Waals surface area (Å²) in [6.45, 7) is 5.55. The maximum atomic E-state index is 12.8. The first kappa shape index (κ1) is 30.5. The quantitative estimate of drug-likeness (QED) is 0.303. The first-order chi connectivity index (χ1) is 19.0. The molecule has 1 aliphatic rings. The number of aryl methyl sites for hydroxylation is 2. The number of hydrogen-bond acceptors (Lipinski definition) is 5. The third-order valence-electron chi connectivity index (χ3n) is 6.27. The van der Waals surface area contributed by atoms with E-state index < -0.39 is 17.7 Å². The molecule has 2 N–H and O–H groups in total. The zero-order valence-electron chi connectivity index (χ0n) is 22.6. The summed E-state index contributed by atoms with van der Waals surface area (Å²) >= 11 is 0. The summed E-state index contributed by atoms with van der Waals surface area (Å²) in [4.78, 5) is 28.0. The zero-order chi connectivity index (χ0) is 29.1. The molecule has 1 amide bonds. The van der Waals surface area contributed by atoms with Gasteiger partial charge in [-0.3, -0.25) is 9.59 Å². The smallest absolute Gasteiger partial charge is 0.416 e. The Labute approximate surface area is 232 Å². The van der Waals surface area contributed by atoms with E-state index in [-0.39, 0.29) is 18.9 Å². The van der Waals surface area contributed by atoms with Crippen molar-refractivity contribution in [3.8, 4) is 5.75 Å². The van der Waals surface area contributed by atoms with Crippen LogP contribution in [0.15, 0.2) is 60.8 Å². The molecule has 3 aromatic rings. The topological polar surface area (TPSA) is 91.8 Å². The maximum Gasteiger partial charge on any atom is 0.416 e. The van der Waals surface area contributed by atoms with Crippen LogP contribution in [0.4, 0.5) is 19.0 Å². The van der Waals surface area contributed by atoms with Gasteiger partial charge in [0, 0.05) is 38.7 Å². The lowest BCUT2D eigenvalue weighted by Gasteiger charge is -2.22. The molecule has 0 radical (unpaired) electrons. The largest absolute Gasteiger partial charge is 0.494 e. The second-order valence-electron chi connectivity index (χ2n) is 9.47. The monoisotopic (exact) mass is 557 g/mol. The van der Waals surface area contributed by atoms with Gasteiger partial charge in [-0.15, -0.1) is 0 Å². The number of rotatable bonds is 9. The van der Waals surface area contributed by atoms with Crippen LogP contribution in [-0.4, -0.2) is 40.0 Å². The molecule has 10 heteroatoms. The number of nitrogens with one attached hydrogen (secondary N) is 1. The number of carboxylic acid groups (broad SMARTS) is 1. The molecule has 0 bridgehead atoms. The van der Waals surface area contributed by atoms with Gasteiger partial charge in [-0.25, -0.2) is 4.98 Å². The van der Waals surface area contributed by atoms with Crippen LogP contribution in [0.3, 0.4) is 0 Å². The van der Waals surface area contributed by atoms with E-state index in [0.29, 0.717) is 31.6 Å². The van der Waals surface area contributed by atoms with Gasteiger partial charge in [0.05, 0.1) is 12.2 Å². The molecule has 4 rings (SSSR count). The van der Waals surface area contributed by atoms with E-state index in [0.717, 1.165) is 53.4 Å². The SMILES string of the molecule is CCC(=O)O.Cc1ccnc(NCCCOc2ccc3c(c2)CN(Cc2ccc(C(F)(F)F)cc2)C(=O)CC3)c1. The van der Waals surface area contributed by atoms with Gasteiger partial charge in [0.15, 0.2) is 0 Å². The molecule has 7 nitrogen and oxygen atoms in total. The van der Waals surface area contributed by atoms with Crippen molar-refractivity contribution in [1.82, 2.24) is 9.88 Å². The van der Waals surface area contributed by atoms with Gasteiger partial charge in [-0.1, -0.05) is 25.1 Å². The molecule has 0 aliphatic carbocycles. The van der Waals surface area contributed by atoms with E-state index in [2.05, 4.69) is 10.3 Å². The Morgan fingerprint density at radius 2 is 1.80 bits per heavy atom. The van der Waals surface area contributed by atoms with E-state index in [1.807, 2.05) is 37.3 Å². The van der Waals surface area contributed by atoms with Crippen LogP contribution < -0.4 is 10.1 Å². The van der Waals surface area contributed by atoms with Crippen LogP contribution >= 0.6 is 0 Å². The van der Waals surface area contributed by atoms with Crippen LogP contribution in [-0.2, 0) is 35.3 Å². The van der Waals surface area contributed by atoms with Crippen molar-refractivity contribution < 1.29 is 32.6 Å². The number of fused-ring (bicyclic) bond motifs is 1. The molecule has 0 fully saturated rings. The molecule has 1 aromatic heterocycles. The standard InChI is InChI=1S/C27H28F3N3O2.C3H6O2/c1-19-11-13-32-25(15-19)31-12-2-14-35-24-9-5-21-6-10-26(34)33(18-22(21)16-24)17-20-3-7-23(8-4-20)27(28,29)30;1-2-3(4)5/h3-5,7-9,11,13,15-16H,2,6,10,12,14,17-18H2,1H3,(H,31,32);2H2,1H3,(H,4,5). The van der Waals surface area contributed by atoms with Crippen molar-refractivity contribution in [2.45, 2.75) is 58.8 Å². The summed E-state index contributed by atoms with van der Waals surface area (Å²) in [6.07, 6.45) is -0.585. The molecule has 2 heterocycles. The fraction of sp³-hybridized carbons (Fsp3) is 0.367. The molecule has 0 saturated carbocycles. The number of aromatic nitrogens is 1. The number of carboxylic acids is 1. The van der Waals surface area contributed by atoms with Crippen LogP contribution in [0.5, 0.6) is 5.75 Å². The molecule has 0 spiro atoms. The van der Waals surface area contributed by atoms with Crippen molar-refractivity contribution in [3.63, 3.8) is 0 Å². The highest BCUT2D eigenvalue weighted by Gasteiger charge is 2.30. The Morgan fingerprint density at radius 3 is 2.45 bits per heavy atom. The Balaban J connectivity index is 0.000000810. The molecule has 0 unspecified atom stereocenters. The highest BCUT2D eigenvalue weighted by molar-refractivity contribution is 5.77. The van der Waals surface area contributed by atoms with Crippen LogP contribution in [0.25, 0.3) is 0 Å². The number of carbonyl (C=O) groups is 2. The number of aliphatic carboxylic acids is 1. The molecule has 2 aromatic carbocycles. The minimum absolute atomic E-state index is 0.0144. The lowest BCUT2D eigenvalue weighted by atomic mass is 10.0. The Morgan fingerprint density at radius 1 is 1.07 bits per heavy atom. The van der Waals surface area contributed by atoms with Gasteiger partial charge in [0.1, 0.15) is 11.6 Å². The van der Waals surface area contributed by atoms with E-state index in [1.165, 1.54) is 12.1 Å². The number of carbonyl (C=O) groups excluding carboxylic acids is 1. The summed E-state index contributed by atoms with van der Waals surface area (Å²) in [5.74, 6) is 0.818. The van der Waals surface area contributed by atoms with Gasteiger partial charge >= 0.3 is 12.1 Å². The molecular formula is C30H34F3N3O4. The van der Waals surface area contributed by atoms with E-state index >= 15 is 0 Å². The fourth-order valence-electron chi connectivity index (χ4n) is 4.05. The van der Waals surface area contributed by atoms with Crippen molar-refractivity contribution in [1.29, 1.82) is 0 Å². The lowest BCUT2D eigenvalue weighted by Crippen LogP contribution is -2.28. The maximum absolute atomic E-state index is 12.8. The second kappa shape index (κ2) is 14.3. The molecular weight excluding hydrogens is 523 g/mol. The molecule has 1 aliphatic heterocycles. The van der Waals surface area contributed by atoms with Crippen LogP contribution in [0, 0.1) is 6.92 Å². The van der Waals surface area contributed by atoms with Gasteiger partial charge in [-0.05, 0) is 78.4 Å². The normalized spacial score (nSPS) is 13.0. The summed E-state index contributed by atoms with van der Waals surface area (Å²) < 4.78 is 44.4. The molecule has 0 atom stereocenters. The Bertz CT molecular complexity index is 1280. The minimum Gasteiger partial charge on any atom is -0.494 e. The lowest BCUT2D eigenvalue weighted by molar-refractivity contribution is -0.138. The number of alkyl halides is 3. The number of halogens is 3. The van der Waals surface area contributed by atoms with Crippen molar-refractivity contribution in [2.24, 2.45) is 0 Å². The van der Waals surface area contributed by atoms with Gasteiger partial charge in [0.2, 0.25) is 5.91 Å². The highest BCUT2D eigenvalue weighted by atomic mass is 19.4. The van der Waals surface area contributed by atoms with Gasteiger partial charge < -0.3 is 20.1 Å². The summed E-state index contributed by atoms with van der Waals surface area (Å²) in [5, 5.41) is 11.0. The predicted octanol–water partition coefficient (Wildman–Crippen LogP) is 6.25. The molecule has 0 saturated heterocycles. The summed E-state index contributed by atoms with van der Waals surface area (Å²) in [7, 11) is 0. The minimum atomic E-state index is -4.38. The van der Waals surface area contributed by atoms with Crippen LogP contribution in [0.2, 0.25) is 0 Å². The van der Waals surface area contributed by atoms with Crippen molar-refractivity contribution >= 4 is 17.7 Å². The van der Waals surface area contributed by atoms with E-state index in [4.69, 9.17) is 9.84 Å². The van der Waals surface area contributed by atoms with Crippen molar-refractivity contribution in [3.05, 3.63) is 88.6 Å². The average molecular weight is 558 g/mol. The highest BCUT2D eigenvalue weighted by Crippen LogP contribution is 2.30. The Hall–Kier alpha value is -4.08. The van der Waals surface area contributed by atoms with Crippen LogP contribution in [0.1, 0.15) is 54.0 Å². The average Bonchev–Trinajstić information content (AvgIpc) is 3.06. The summed E-state index contributed by atoms with van der Waals surface area (Å²) in [5.41, 5.74) is 3.21. The van der Waals surface area contributed by atoms with Crippen molar-refractivity contribution in [2.75, 3.05) is 18.5 Å². The Kier molecular flexibility index (Phi) is 10.9. The van der Waals surface area contributed by atoms with E-state index in [9.17, 15) is 22.8 Å². The number of pyridine rings is 1. The molecule has 40 heavy (non-hydrogen) atoms. The van der Waals surface area contributed by atoms with Gasteiger partial charge in [0.25, 0.3) is 0 Å². The number of amides is 1. The fourth-order valence-corrected chi connectivity index (χ4v) is 4.05. The second-order valence-corrected chi connectivity index (χ2v) is 9.47. The molecule has 214 valence electrons. The summed E-state index contributed by atoms with van der Waals surface area (Å²) in [6, 6.07) is 14.8. The number of nitrogens with zero attached hydrogens (tertiary/aromatic N) is 2. The third kappa shape index (κ3) is 9.59. The zero-order valence-corrected chi connectivity index (χ0v) is 22.6. The first-order valence-corrected chi connectivity index (χ1v) is 13.1. The number of hydrogen-bond donors (Lipinski definition) is 2. The first-order valence-electron chi connectivity index (χ1n) is 13.1. The number of anilines is 1. The van der Waals surface area contributed by atoms with Gasteiger partial charge in [-0.2, -0.15) is 13.2 Å². The predicted molar refractivity (Wildman–Crippen MR) is 146 cm³/mol. The number of benzene rings is 2. The number of ether oxygens (including phenoxy) is 1.